The molecule has 2 heterocycles. The lowest BCUT2D eigenvalue weighted by molar-refractivity contribution is -0.126. The molecule has 0 aliphatic carbocycles. The van der Waals surface area contributed by atoms with Crippen molar-refractivity contribution in [3.05, 3.63) is 88.8 Å². The molecule has 0 bridgehead atoms. The molecule has 194 valence electrons. The molecule has 4 aromatic rings. The van der Waals surface area contributed by atoms with E-state index in [1.165, 1.54) is 0 Å². The fraction of sp³-hybridized carbons (Fsp3) is 0.296. The Morgan fingerprint density at radius 1 is 1.05 bits per heavy atom. The number of hydrogen-bond acceptors (Lipinski definition) is 7. The van der Waals surface area contributed by atoms with Gasteiger partial charge in [-0.05, 0) is 49.2 Å². The number of fused-ring (bicyclic) bond motifs is 1. The van der Waals surface area contributed by atoms with E-state index in [2.05, 4.69) is 15.5 Å². The van der Waals surface area contributed by atoms with Crippen molar-refractivity contribution in [2.45, 2.75) is 38.6 Å². The molecule has 3 N–H and O–H groups in total. The van der Waals surface area contributed by atoms with Crippen molar-refractivity contribution >= 4 is 23.2 Å². The highest BCUT2D eigenvalue weighted by atomic mass is 35.5. The summed E-state index contributed by atoms with van der Waals surface area (Å²) in [6.45, 7) is 4.11. The average Bonchev–Trinajstić information content (AvgIpc) is 3.31. The Bertz CT molecular complexity index is 1350. The van der Waals surface area contributed by atoms with E-state index in [4.69, 9.17) is 31.5 Å². The smallest absolute Gasteiger partial charge is 0.240 e. The second kappa shape index (κ2) is 11.6. The van der Waals surface area contributed by atoms with Crippen LogP contribution in [-0.2, 0) is 22.7 Å². The number of halogens is 1. The fourth-order valence-corrected chi connectivity index (χ4v) is 3.89. The number of aromatic nitrogens is 3. The van der Waals surface area contributed by atoms with Gasteiger partial charge in [-0.1, -0.05) is 48.0 Å². The van der Waals surface area contributed by atoms with E-state index in [1.807, 2.05) is 48.7 Å². The van der Waals surface area contributed by atoms with Crippen molar-refractivity contribution < 1.29 is 19.0 Å². The molecule has 2 aromatic carbocycles. The average molecular weight is 524 g/mol. The molecule has 9 nitrogen and oxygen atoms in total. The maximum absolute atomic E-state index is 12.7. The Kier molecular flexibility index (Phi) is 8.27. The first kappa shape index (κ1) is 26.4. The van der Waals surface area contributed by atoms with Gasteiger partial charge >= 0.3 is 0 Å². The summed E-state index contributed by atoms with van der Waals surface area (Å²) >= 11 is 6.24. The summed E-state index contributed by atoms with van der Waals surface area (Å²) in [6.07, 6.45) is 1.81. The minimum Gasteiger partial charge on any atom is -0.495 e. The predicted octanol–water partition coefficient (Wildman–Crippen LogP) is 4.08. The standard InChI is InChI=1S/C27H30ClN5O4/c1-27(2,29)26(34)30-21(17-36-15-18-8-5-4-6-9-18)24-31-32-25-23(10-7-13-33(24)25)37-16-19-11-12-22(35-3)20(28)14-19/h4-14,21H,15-17,29H2,1-3H3,(H,30,34)/t21-/m1/s1. The van der Waals surface area contributed by atoms with Crippen molar-refractivity contribution in [2.75, 3.05) is 13.7 Å². The molecule has 0 unspecified atom stereocenters. The Morgan fingerprint density at radius 2 is 1.84 bits per heavy atom. The topological polar surface area (TPSA) is 113 Å². The molecule has 0 aliphatic heterocycles. The molecule has 0 saturated carbocycles. The van der Waals surface area contributed by atoms with Crippen LogP contribution in [0, 0.1) is 0 Å². The summed E-state index contributed by atoms with van der Waals surface area (Å²) in [5, 5.41) is 12.2. The van der Waals surface area contributed by atoms with Crippen LogP contribution in [-0.4, -0.2) is 39.8 Å². The molecule has 0 saturated heterocycles. The fourth-order valence-electron chi connectivity index (χ4n) is 3.61. The third-order valence-corrected chi connectivity index (χ3v) is 5.93. The minimum atomic E-state index is -1.08. The Morgan fingerprint density at radius 3 is 2.54 bits per heavy atom. The number of amides is 1. The molecular weight excluding hydrogens is 494 g/mol. The number of nitrogens with one attached hydrogen (secondary N) is 1. The van der Waals surface area contributed by atoms with Crippen LogP contribution in [0.25, 0.3) is 5.65 Å². The van der Waals surface area contributed by atoms with Crippen LogP contribution >= 0.6 is 11.6 Å². The lowest BCUT2D eigenvalue weighted by atomic mass is 10.1. The van der Waals surface area contributed by atoms with Crippen molar-refractivity contribution in [3.8, 4) is 11.5 Å². The summed E-state index contributed by atoms with van der Waals surface area (Å²) < 4.78 is 19.0. The molecule has 2 aromatic heterocycles. The molecule has 1 atom stereocenters. The van der Waals surface area contributed by atoms with Gasteiger partial charge < -0.3 is 25.3 Å². The van der Waals surface area contributed by atoms with Crippen LogP contribution in [0.4, 0.5) is 0 Å². The van der Waals surface area contributed by atoms with Gasteiger partial charge in [-0.3, -0.25) is 9.20 Å². The van der Waals surface area contributed by atoms with Crippen LogP contribution < -0.4 is 20.5 Å². The van der Waals surface area contributed by atoms with Gasteiger partial charge in [-0.15, -0.1) is 10.2 Å². The van der Waals surface area contributed by atoms with Gasteiger partial charge in [-0.2, -0.15) is 0 Å². The highest BCUT2D eigenvalue weighted by Crippen LogP contribution is 2.27. The highest BCUT2D eigenvalue weighted by molar-refractivity contribution is 6.32. The van der Waals surface area contributed by atoms with E-state index in [9.17, 15) is 4.79 Å². The predicted molar refractivity (Wildman–Crippen MR) is 141 cm³/mol. The number of carbonyl (C=O) groups excluding carboxylic acids is 1. The summed E-state index contributed by atoms with van der Waals surface area (Å²) in [5.74, 6) is 1.29. The summed E-state index contributed by atoms with van der Waals surface area (Å²) in [5.41, 5.74) is 7.35. The largest absolute Gasteiger partial charge is 0.495 e. The number of methoxy groups -OCH3 is 1. The second-order valence-corrected chi connectivity index (χ2v) is 9.54. The molecule has 10 heteroatoms. The molecule has 0 spiro atoms. The number of carbonyl (C=O) groups is 1. The minimum absolute atomic E-state index is 0.174. The number of nitrogens with two attached hydrogens (primary N) is 1. The lowest BCUT2D eigenvalue weighted by Gasteiger charge is -2.23. The number of rotatable bonds is 11. The third kappa shape index (κ3) is 6.56. The van der Waals surface area contributed by atoms with Gasteiger partial charge in [0.25, 0.3) is 0 Å². The van der Waals surface area contributed by atoms with E-state index in [1.54, 1.807) is 43.6 Å². The molecule has 4 rings (SSSR count). The van der Waals surface area contributed by atoms with Crippen molar-refractivity contribution in [2.24, 2.45) is 5.73 Å². The van der Waals surface area contributed by atoms with Crippen molar-refractivity contribution in [1.82, 2.24) is 19.9 Å². The maximum Gasteiger partial charge on any atom is 0.240 e. The van der Waals surface area contributed by atoms with Gasteiger partial charge in [-0.25, -0.2) is 0 Å². The summed E-state index contributed by atoms with van der Waals surface area (Å²) in [7, 11) is 1.57. The monoisotopic (exact) mass is 523 g/mol. The van der Waals surface area contributed by atoms with E-state index in [0.29, 0.717) is 34.6 Å². The number of nitrogens with zero attached hydrogens (tertiary/aromatic N) is 3. The van der Waals surface area contributed by atoms with Crippen LogP contribution in [0.5, 0.6) is 11.5 Å². The lowest BCUT2D eigenvalue weighted by Crippen LogP contribution is -2.50. The third-order valence-electron chi connectivity index (χ3n) is 5.63. The molecule has 1 amide bonds. The SMILES string of the molecule is COc1ccc(COc2cccn3c([C@@H](COCc4ccccc4)NC(=O)C(C)(C)N)nnc23)cc1Cl. The van der Waals surface area contributed by atoms with Crippen LogP contribution in [0.15, 0.2) is 66.9 Å². The Balaban J connectivity index is 1.55. The first-order valence-electron chi connectivity index (χ1n) is 11.8. The van der Waals surface area contributed by atoms with Crippen molar-refractivity contribution in [1.29, 1.82) is 0 Å². The number of pyridine rings is 1. The van der Waals surface area contributed by atoms with Gasteiger partial charge in [0, 0.05) is 6.20 Å². The first-order valence-corrected chi connectivity index (χ1v) is 12.1. The number of hydrogen-bond donors (Lipinski definition) is 2. The first-order chi connectivity index (χ1) is 17.8. The summed E-state index contributed by atoms with van der Waals surface area (Å²) in [4.78, 5) is 12.7. The van der Waals surface area contributed by atoms with E-state index in [0.717, 1.165) is 11.1 Å². The highest BCUT2D eigenvalue weighted by Gasteiger charge is 2.28. The van der Waals surface area contributed by atoms with Gasteiger partial charge in [0.1, 0.15) is 18.4 Å². The number of benzene rings is 2. The zero-order valence-corrected chi connectivity index (χ0v) is 21.7. The maximum atomic E-state index is 12.7. The van der Waals surface area contributed by atoms with Crippen LogP contribution in [0.3, 0.4) is 0 Å². The quantitative estimate of drug-likeness (QED) is 0.304. The molecule has 0 aliphatic rings. The Hall–Kier alpha value is -3.66. The van der Waals surface area contributed by atoms with Crippen LogP contribution in [0.2, 0.25) is 5.02 Å². The van der Waals surface area contributed by atoms with Gasteiger partial charge in [0.05, 0.1) is 30.9 Å². The molecular formula is C27H30ClN5O4. The number of ether oxygens (including phenoxy) is 3. The van der Waals surface area contributed by atoms with Gasteiger partial charge in [0.15, 0.2) is 11.6 Å². The van der Waals surface area contributed by atoms with Crippen LogP contribution in [0.1, 0.15) is 36.8 Å². The Labute approximate surface area is 220 Å². The molecule has 37 heavy (non-hydrogen) atoms. The molecule has 0 radical (unpaired) electrons. The van der Waals surface area contributed by atoms with E-state index >= 15 is 0 Å². The zero-order valence-electron chi connectivity index (χ0n) is 21.0. The van der Waals surface area contributed by atoms with Crippen molar-refractivity contribution in [3.63, 3.8) is 0 Å². The molecule has 0 fully saturated rings. The second-order valence-electron chi connectivity index (χ2n) is 9.13. The van der Waals surface area contributed by atoms with E-state index in [-0.39, 0.29) is 19.1 Å². The van der Waals surface area contributed by atoms with Gasteiger partial charge in [0.2, 0.25) is 11.6 Å². The summed E-state index contributed by atoms with van der Waals surface area (Å²) in [6, 6.07) is 18.3. The van der Waals surface area contributed by atoms with E-state index < -0.39 is 11.6 Å². The zero-order chi connectivity index (χ0) is 26.4. The normalized spacial score (nSPS) is 12.4.